The largest absolute Gasteiger partial charge is 0.419 e. The molecular formula is C27H35N5O4S. The van der Waals surface area contributed by atoms with Crippen molar-refractivity contribution in [1.82, 2.24) is 15.5 Å². The molecule has 1 amide bonds. The molecular weight excluding hydrogens is 490 g/mol. The molecule has 9 nitrogen and oxygen atoms in total. The Hall–Kier alpha value is -3.24. The number of amides is 1. The van der Waals surface area contributed by atoms with Crippen LogP contribution in [0.25, 0.3) is 11.5 Å². The lowest BCUT2D eigenvalue weighted by Crippen LogP contribution is -2.35. The molecule has 0 unspecified atom stereocenters. The summed E-state index contributed by atoms with van der Waals surface area (Å²) >= 11 is 0. The van der Waals surface area contributed by atoms with Crippen LogP contribution in [0.1, 0.15) is 61.8 Å². The van der Waals surface area contributed by atoms with Gasteiger partial charge in [-0.15, -0.1) is 10.2 Å². The third-order valence-corrected chi connectivity index (χ3v) is 7.75. The van der Waals surface area contributed by atoms with E-state index in [1.54, 1.807) is 18.2 Å². The van der Waals surface area contributed by atoms with Crippen LogP contribution in [0.4, 0.5) is 5.69 Å². The third kappa shape index (κ3) is 6.56. The number of anilines is 1. The van der Waals surface area contributed by atoms with Crippen LogP contribution >= 0.6 is 0 Å². The smallest absolute Gasteiger partial charge is 0.251 e. The van der Waals surface area contributed by atoms with Crippen molar-refractivity contribution in [3.05, 3.63) is 65.5 Å². The van der Waals surface area contributed by atoms with Gasteiger partial charge in [0.1, 0.15) is 0 Å². The van der Waals surface area contributed by atoms with E-state index in [1.165, 1.54) is 4.31 Å². The molecule has 1 fully saturated rings. The molecule has 2 aromatic carbocycles. The number of benzene rings is 2. The number of carbonyl (C=O) groups excluding carboxylic acids is 1. The van der Waals surface area contributed by atoms with E-state index in [0.29, 0.717) is 35.6 Å². The maximum Gasteiger partial charge on any atom is 0.251 e. The van der Waals surface area contributed by atoms with Gasteiger partial charge < -0.3 is 15.5 Å². The number of nitrogens with two attached hydrogens (primary N) is 1. The summed E-state index contributed by atoms with van der Waals surface area (Å²) in [5, 5.41) is 11.4. The van der Waals surface area contributed by atoms with Crippen LogP contribution < -0.4 is 15.4 Å². The van der Waals surface area contributed by atoms with Crippen LogP contribution in [0.15, 0.2) is 52.9 Å². The maximum absolute atomic E-state index is 13.2. The molecule has 1 saturated carbocycles. The molecule has 37 heavy (non-hydrogen) atoms. The molecule has 1 heterocycles. The first-order valence-corrected chi connectivity index (χ1v) is 14.4. The van der Waals surface area contributed by atoms with Crippen LogP contribution in [0.2, 0.25) is 0 Å². The fourth-order valence-electron chi connectivity index (χ4n) is 4.37. The van der Waals surface area contributed by atoms with Crippen molar-refractivity contribution in [3.8, 4) is 11.5 Å². The van der Waals surface area contributed by atoms with Crippen LogP contribution in [0.5, 0.6) is 0 Å². The molecule has 3 aromatic rings. The van der Waals surface area contributed by atoms with Gasteiger partial charge in [0.2, 0.25) is 21.8 Å². The van der Waals surface area contributed by atoms with Gasteiger partial charge >= 0.3 is 0 Å². The quantitative estimate of drug-likeness (QED) is 0.389. The Bertz CT molecular complexity index is 1350. The number of carbonyl (C=O) groups is 1. The molecule has 4 rings (SSSR count). The minimum absolute atomic E-state index is 0.0344. The molecule has 2 atom stereocenters. The Labute approximate surface area is 218 Å². The first-order valence-electron chi connectivity index (χ1n) is 12.6. The van der Waals surface area contributed by atoms with Gasteiger partial charge in [-0.05, 0) is 69.2 Å². The molecule has 1 aliphatic carbocycles. The standard InChI is InChI=1S/C27H35N5O4S/c1-5-13-32(37(4,34)35)23-15-21(24(33)29-18(2)20-11-12-20)14-22(16-23)25-30-31-26(36-25)27(3,28)17-19-9-7-6-8-10-19/h6-10,14-16,18,20H,5,11-13,17,28H2,1-4H3,(H,29,33)/t18-,27-/m1/s1. The monoisotopic (exact) mass is 525 g/mol. The molecule has 198 valence electrons. The van der Waals surface area contributed by atoms with E-state index in [1.807, 2.05) is 51.1 Å². The highest BCUT2D eigenvalue weighted by Gasteiger charge is 2.31. The van der Waals surface area contributed by atoms with Crippen molar-refractivity contribution in [2.45, 2.75) is 58.0 Å². The van der Waals surface area contributed by atoms with Crippen LogP contribution in [0, 0.1) is 5.92 Å². The molecule has 0 saturated heterocycles. The topological polar surface area (TPSA) is 131 Å². The van der Waals surface area contributed by atoms with Gasteiger partial charge in [-0.25, -0.2) is 8.42 Å². The zero-order valence-corrected chi connectivity index (χ0v) is 22.6. The molecule has 0 radical (unpaired) electrons. The lowest BCUT2D eigenvalue weighted by Gasteiger charge is -2.23. The summed E-state index contributed by atoms with van der Waals surface area (Å²) in [4.78, 5) is 13.2. The zero-order chi connectivity index (χ0) is 26.8. The number of sulfonamides is 1. The molecule has 0 aliphatic heterocycles. The van der Waals surface area contributed by atoms with Crippen LogP contribution in [-0.4, -0.2) is 43.4 Å². The Morgan fingerprint density at radius 1 is 1.22 bits per heavy atom. The Balaban J connectivity index is 1.71. The lowest BCUT2D eigenvalue weighted by molar-refractivity contribution is 0.0936. The molecule has 3 N–H and O–H groups in total. The van der Waals surface area contributed by atoms with Crippen molar-refractivity contribution in [2.75, 3.05) is 17.1 Å². The van der Waals surface area contributed by atoms with Crippen molar-refractivity contribution in [1.29, 1.82) is 0 Å². The minimum atomic E-state index is -3.59. The third-order valence-electron chi connectivity index (χ3n) is 6.56. The van der Waals surface area contributed by atoms with Gasteiger partial charge in [0, 0.05) is 23.7 Å². The molecule has 0 bridgehead atoms. The number of nitrogens with zero attached hydrogens (tertiary/aromatic N) is 3. The van der Waals surface area contributed by atoms with Gasteiger partial charge in [-0.2, -0.15) is 0 Å². The van der Waals surface area contributed by atoms with Crippen molar-refractivity contribution in [3.63, 3.8) is 0 Å². The van der Waals surface area contributed by atoms with Gasteiger partial charge in [0.15, 0.2) is 0 Å². The summed E-state index contributed by atoms with van der Waals surface area (Å²) in [5.74, 6) is 0.610. The van der Waals surface area contributed by atoms with Gasteiger partial charge in [-0.3, -0.25) is 9.10 Å². The molecule has 0 spiro atoms. The Morgan fingerprint density at radius 2 is 1.92 bits per heavy atom. The predicted octanol–water partition coefficient (Wildman–Crippen LogP) is 3.86. The molecule has 1 aromatic heterocycles. The van der Waals surface area contributed by atoms with Crippen molar-refractivity contribution >= 4 is 21.6 Å². The van der Waals surface area contributed by atoms with E-state index in [0.717, 1.165) is 24.7 Å². The van der Waals surface area contributed by atoms with Crippen LogP contribution in [-0.2, 0) is 22.0 Å². The Kier molecular flexibility index (Phi) is 7.70. The van der Waals surface area contributed by atoms with E-state index >= 15 is 0 Å². The van der Waals surface area contributed by atoms with Gasteiger partial charge in [0.05, 0.1) is 17.5 Å². The van der Waals surface area contributed by atoms with E-state index in [2.05, 4.69) is 15.5 Å². The summed E-state index contributed by atoms with van der Waals surface area (Å²) in [6, 6.07) is 14.7. The van der Waals surface area contributed by atoms with Gasteiger partial charge in [0.25, 0.3) is 5.91 Å². The lowest BCUT2D eigenvalue weighted by atomic mass is 9.94. The number of aromatic nitrogens is 2. The van der Waals surface area contributed by atoms with Crippen molar-refractivity contribution < 1.29 is 17.6 Å². The van der Waals surface area contributed by atoms with Crippen LogP contribution in [0.3, 0.4) is 0 Å². The number of rotatable bonds is 11. The summed E-state index contributed by atoms with van der Waals surface area (Å²) in [7, 11) is -3.59. The highest BCUT2D eigenvalue weighted by atomic mass is 32.2. The average Bonchev–Trinajstić information content (AvgIpc) is 3.57. The summed E-state index contributed by atoms with van der Waals surface area (Å²) in [6.45, 7) is 5.97. The predicted molar refractivity (Wildman–Crippen MR) is 144 cm³/mol. The molecule has 1 aliphatic rings. The first kappa shape index (κ1) is 26.8. The second-order valence-electron chi connectivity index (χ2n) is 10.2. The van der Waals surface area contributed by atoms with E-state index in [9.17, 15) is 13.2 Å². The number of hydrogen-bond donors (Lipinski definition) is 2. The van der Waals surface area contributed by atoms with E-state index < -0.39 is 15.6 Å². The maximum atomic E-state index is 13.2. The minimum Gasteiger partial charge on any atom is -0.419 e. The summed E-state index contributed by atoms with van der Waals surface area (Å²) in [5.41, 5.74) is 7.79. The fraction of sp³-hybridized carbons (Fsp3) is 0.444. The summed E-state index contributed by atoms with van der Waals surface area (Å²) in [6.07, 6.45) is 4.43. The Morgan fingerprint density at radius 3 is 2.54 bits per heavy atom. The fourth-order valence-corrected chi connectivity index (χ4v) is 5.37. The molecule has 10 heteroatoms. The highest BCUT2D eigenvalue weighted by Crippen LogP contribution is 2.33. The number of hydrogen-bond acceptors (Lipinski definition) is 7. The second kappa shape index (κ2) is 10.6. The highest BCUT2D eigenvalue weighted by molar-refractivity contribution is 7.92. The second-order valence-corrected chi connectivity index (χ2v) is 12.1. The SMILES string of the molecule is CCCN(c1cc(C(=O)N[C@H](C)C2CC2)cc(-c2nnc([C@](C)(N)Cc3ccccc3)o2)c1)S(C)(=O)=O. The van der Waals surface area contributed by atoms with Crippen molar-refractivity contribution in [2.24, 2.45) is 11.7 Å². The van der Waals surface area contributed by atoms with E-state index in [4.69, 9.17) is 10.2 Å². The zero-order valence-electron chi connectivity index (χ0n) is 21.8. The van der Waals surface area contributed by atoms with Gasteiger partial charge in [-0.1, -0.05) is 37.3 Å². The average molecular weight is 526 g/mol. The first-order chi connectivity index (χ1) is 17.5. The number of nitrogens with one attached hydrogen (secondary N) is 1. The summed E-state index contributed by atoms with van der Waals surface area (Å²) < 4.78 is 32.5. The normalized spacial score (nSPS) is 16.1. The van der Waals surface area contributed by atoms with E-state index in [-0.39, 0.29) is 30.3 Å².